The van der Waals surface area contributed by atoms with Crippen LogP contribution >= 0.6 is 11.8 Å². The summed E-state index contributed by atoms with van der Waals surface area (Å²) in [7, 11) is 0. The van der Waals surface area contributed by atoms with E-state index in [4.69, 9.17) is 4.98 Å². The predicted molar refractivity (Wildman–Crippen MR) is 92.3 cm³/mol. The number of hydrogen-bond donors (Lipinski definition) is 0. The molecule has 2 fully saturated rings. The molecule has 2 aliphatic rings. The van der Waals surface area contributed by atoms with Gasteiger partial charge in [0.25, 0.3) is 0 Å². The van der Waals surface area contributed by atoms with Crippen molar-refractivity contribution in [2.24, 2.45) is 0 Å². The number of hydrogen-bond acceptors (Lipinski definition) is 4. The van der Waals surface area contributed by atoms with Crippen LogP contribution in [0.15, 0.2) is 18.3 Å². The van der Waals surface area contributed by atoms with E-state index in [0.717, 1.165) is 17.7 Å². The van der Waals surface area contributed by atoms with Crippen LogP contribution in [0.2, 0.25) is 0 Å². The molecule has 4 rings (SSSR count). The van der Waals surface area contributed by atoms with E-state index in [1.54, 1.807) is 0 Å². The Labute approximate surface area is 136 Å². The molecule has 0 saturated carbocycles. The molecule has 0 bridgehead atoms. The highest BCUT2D eigenvalue weighted by Gasteiger charge is 2.32. The maximum atomic E-state index is 5.02. The van der Waals surface area contributed by atoms with E-state index in [9.17, 15) is 0 Å². The molecule has 0 N–H and O–H groups in total. The van der Waals surface area contributed by atoms with Gasteiger partial charge in [0.15, 0.2) is 5.65 Å². The van der Waals surface area contributed by atoms with Crippen LogP contribution in [0.4, 0.5) is 0 Å². The summed E-state index contributed by atoms with van der Waals surface area (Å²) in [6.45, 7) is 4.58. The van der Waals surface area contributed by atoms with Crippen molar-refractivity contribution in [2.45, 2.75) is 44.7 Å². The maximum Gasteiger partial charge on any atom is 0.160 e. The highest BCUT2D eigenvalue weighted by Crippen LogP contribution is 2.37. The SMILES string of the molecule is CCN1CCCC1c1nc2cccnc2n1C1CCCSC1. The summed E-state index contributed by atoms with van der Waals surface area (Å²) in [5.41, 5.74) is 2.16. The van der Waals surface area contributed by atoms with Crippen LogP contribution in [0.3, 0.4) is 0 Å². The summed E-state index contributed by atoms with van der Waals surface area (Å²) < 4.78 is 2.49. The molecule has 118 valence electrons. The molecule has 0 spiro atoms. The number of thioether (sulfide) groups is 1. The predicted octanol–water partition coefficient (Wildman–Crippen LogP) is 3.66. The first-order chi connectivity index (χ1) is 10.9. The van der Waals surface area contributed by atoms with E-state index < -0.39 is 0 Å². The molecular formula is C17H24N4S. The Kier molecular flexibility index (Phi) is 4.09. The van der Waals surface area contributed by atoms with E-state index in [2.05, 4.69) is 39.2 Å². The van der Waals surface area contributed by atoms with Crippen LogP contribution in [0.1, 0.15) is 50.5 Å². The fourth-order valence-electron chi connectivity index (χ4n) is 3.97. The first kappa shape index (κ1) is 14.5. The molecule has 2 aromatic heterocycles. The zero-order valence-corrected chi connectivity index (χ0v) is 14.1. The van der Waals surface area contributed by atoms with Crippen molar-refractivity contribution in [3.63, 3.8) is 0 Å². The Hall–Kier alpha value is -1.07. The van der Waals surface area contributed by atoms with E-state index in [-0.39, 0.29) is 0 Å². The van der Waals surface area contributed by atoms with Gasteiger partial charge < -0.3 is 4.57 Å². The molecule has 2 unspecified atom stereocenters. The van der Waals surface area contributed by atoms with Gasteiger partial charge in [0.05, 0.1) is 6.04 Å². The van der Waals surface area contributed by atoms with Gasteiger partial charge >= 0.3 is 0 Å². The summed E-state index contributed by atoms with van der Waals surface area (Å²) in [4.78, 5) is 12.3. The molecule has 22 heavy (non-hydrogen) atoms. The smallest absolute Gasteiger partial charge is 0.160 e. The summed E-state index contributed by atoms with van der Waals surface area (Å²) >= 11 is 2.08. The maximum absolute atomic E-state index is 5.02. The highest BCUT2D eigenvalue weighted by molar-refractivity contribution is 7.99. The van der Waals surface area contributed by atoms with E-state index in [1.165, 1.54) is 49.6 Å². The Morgan fingerprint density at radius 2 is 2.27 bits per heavy atom. The minimum atomic E-state index is 0.478. The summed E-state index contributed by atoms with van der Waals surface area (Å²) in [5, 5.41) is 0. The fraction of sp³-hybridized carbons (Fsp3) is 0.647. The van der Waals surface area contributed by atoms with Crippen LogP contribution in [-0.4, -0.2) is 44.0 Å². The monoisotopic (exact) mass is 316 g/mol. The second-order valence-corrected chi connectivity index (χ2v) is 7.49. The summed E-state index contributed by atoms with van der Waals surface area (Å²) in [5.74, 6) is 3.77. The van der Waals surface area contributed by atoms with Crippen molar-refractivity contribution in [1.82, 2.24) is 19.4 Å². The molecular weight excluding hydrogens is 292 g/mol. The Balaban J connectivity index is 1.82. The second kappa shape index (κ2) is 6.20. The fourth-order valence-corrected chi connectivity index (χ4v) is 5.09. The van der Waals surface area contributed by atoms with Crippen LogP contribution in [0, 0.1) is 0 Å². The lowest BCUT2D eigenvalue weighted by atomic mass is 10.1. The minimum absolute atomic E-state index is 0.478. The third kappa shape index (κ3) is 2.44. The average molecular weight is 316 g/mol. The molecule has 0 aromatic carbocycles. The first-order valence-electron chi connectivity index (χ1n) is 8.53. The Morgan fingerprint density at radius 3 is 3.09 bits per heavy atom. The van der Waals surface area contributed by atoms with Crippen LogP contribution in [0.25, 0.3) is 11.2 Å². The minimum Gasteiger partial charge on any atom is -0.307 e. The van der Waals surface area contributed by atoms with Gasteiger partial charge in [0.1, 0.15) is 11.3 Å². The average Bonchev–Trinajstić information content (AvgIpc) is 3.19. The first-order valence-corrected chi connectivity index (χ1v) is 9.68. The Morgan fingerprint density at radius 1 is 1.32 bits per heavy atom. The molecule has 4 heterocycles. The topological polar surface area (TPSA) is 34.0 Å². The molecule has 2 aromatic rings. The number of aromatic nitrogens is 3. The largest absolute Gasteiger partial charge is 0.307 e. The van der Waals surface area contributed by atoms with E-state index in [0.29, 0.717) is 12.1 Å². The molecule has 0 amide bonds. The lowest BCUT2D eigenvalue weighted by molar-refractivity contribution is 0.253. The second-order valence-electron chi connectivity index (χ2n) is 6.34. The molecule has 2 saturated heterocycles. The summed E-state index contributed by atoms with van der Waals surface area (Å²) in [6.07, 6.45) is 7.00. The molecule has 2 aliphatic heterocycles. The van der Waals surface area contributed by atoms with Gasteiger partial charge in [-0.2, -0.15) is 11.8 Å². The summed E-state index contributed by atoms with van der Waals surface area (Å²) in [6, 6.07) is 5.16. The van der Waals surface area contributed by atoms with Crippen molar-refractivity contribution in [1.29, 1.82) is 0 Å². The van der Waals surface area contributed by atoms with Gasteiger partial charge in [0, 0.05) is 18.0 Å². The lowest BCUT2D eigenvalue weighted by Gasteiger charge is -2.29. The molecule has 0 radical (unpaired) electrons. The number of likely N-dealkylation sites (tertiary alicyclic amines) is 1. The van der Waals surface area contributed by atoms with Gasteiger partial charge in [-0.05, 0) is 56.7 Å². The van der Waals surface area contributed by atoms with Crippen LogP contribution in [-0.2, 0) is 0 Å². The van der Waals surface area contributed by atoms with Gasteiger partial charge in [-0.15, -0.1) is 0 Å². The van der Waals surface area contributed by atoms with Crippen molar-refractivity contribution in [2.75, 3.05) is 24.6 Å². The van der Waals surface area contributed by atoms with Crippen molar-refractivity contribution in [3.05, 3.63) is 24.2 Å². The van der Waals surface area contributed by atoms with Crippen molar-refractivity contribution < 1.29 is 0 Å². The third-order valence-corrected chi connectivity index (χ3v) is 6.24. The zero-order valence-electron chi connectivity index (χ0n) is 13.2. The van der Waals surface area contributed by atoms with E-state index >= 15 is 0 Å². The van der Waals surface area contributed by atoms with E-state index in [1.807, 2.05) is 12.3 Å². The molecule has 4 nitrogen and oxygen atoms in total. The number of rotatable bonds is 3. The zero-order chi connectivity index (χ0) is 14.9. The Bertz CT molecular complexity index is 647. The quantitative estimate of drug-likeness (QED) is 0.865. The highest BCUT2D eigenvalue weighted by atomic mass is 32.2. The number of imidazole rings is 1. The van der Waals surface area contributed by atoms with Crippen LogP contribution in [0.5, 0.6) is 0 Å². The number of nitrogens with zero attached hydrogens (tertiary/aromatic N) is 4. The molecule has 2 atom stereocenters. The van der Waals surface area contributed by atoms with Crippen molar-refractivity contribution in [3.8, 4) is 0 Å². The normalized spacial score (nSPS) is 26.8. The lowest BCUT2D eigenvalue weighted by Crippen LogP contribution is -2.27. The van der Waals surface area contributed by atoms with Crippen LogP contribution < -0.4 is 0 Å². The molecule has 0 aliphatic carbocycles. The van der Waals surface area contributed by atoms with Crippen molar-refractivity contribution >= 4 is 22.9 Å². The van der Waals surface area contributed by atoms with Gasteiger partial charge in [0.2, 0.25) is 0 Å². The standard InChI is InChI=1S/C17H24N4S/c1-2-20-10-4-8-15(20)17-19-14-7-3-9-18-16(14)21(17)13-6-5-11-22-12-13/h3,7,9,13,15H,2,4-6,8,10-12H2,1H3. The number of pyridine rings is 1. The van der Waals surface area contributed by atoms with Gasteiger partial charge in [-0.25, -0.2) is 9.97 Å². The third-order valence-electron chi connectivity index (χ3n) is 5.05. The number of fused-ring (bicyclic) bond motifs is 1. The van der Waals surface area contributed by atoms with Gasteiger partial charge in [-0.1, -0.05) is 6.92 Å². The molecule has 5 heteroatoms. The van der Waals surface area contributed by atoms with Gasteiger partial charge in [-0.3, -0.25) is 4.90 Å².